The van der Waals surface area contributed by atoms with Crippen molar-refractivity contribution in [2.45, 2.75) is 50.7 Å². The number of nitriles is 1. The van der Waals surface area contributed by atoms with E-state index in [-0.39, 0.29) is 28.5 Å². The molecule has 2 aromatic rings. The van der Waals surface area contributed by atoms with Crippen molar-refractivity contribution in [3.05, 3.63) is 38.9 Å². The molecule has 0 unspecified atom stereocenters. The van der Waals surface area contributed by atoms with Crippen LogP contribution in [0.25, 0.3) is 0 Å². The summed E-state index contributed by atoms with van der Waals surface area (Å²) in [4.78, 5) is 29.6. The van der Waals surface area contributed by atoms with Crippen molar-refractivity contribution in [1.82, 2.24) is 4.98 Å². The van der Waals surface area contributed by atoms with Gasteiger partial charge in [0.2, 0.25) is 5.91 Å². The second kappa shape index (κ2) is 9.92. The minimum atomic E-state index is -4.67. The number of nitrogens with zero attached hydrogens (tertiary/aromatic N) is 2. The number of rotatable bonds is 6. The zero-order valence-electron chi connectivity index (χ0n) is 17.4. The van der Waals surface area contributed by atoms with Crippen LogP contribution in [0.2, 0.25) is 0 Å². The van der Waals surface area contributed by atoms with Crippen molar-refractivity contribution in [1.29, 1.82) is 5.26 Å². The summed E-state index contributed by atoms with van der Waals surface area (Å²) in [5, 5.41) is 12.2. The quantitative estimate of drug-likeness (QED) is 0.453. The molecule has 11 heteroatoms. The number of hydrogen-bond acceptors (Lipinski definition) is 7. The normalized spacial score (nSPS) is 13.2. The first-order valence-corrected chi connectivity index (χ1v) is 11.7. The van der Waals surface area contributed by atoms with Crippen LogP contribution in [0, 0.1) is 18.3 Å². The number of halogens is 3. The van der Waals surface area contributed by atoms with Gasteiger partial charge in [0, 0.05) is 4.88 Å². The van der Waals surface area contributed by atoms with Gasteiger partial charge in [-0.05, 0) is 56.7 Å². The third kappa shape index (κ3) is 5.24. The van der Waals surface area contributed by atoms with Crippen LogP contribution >= 0.6 is 23.1 Å². The summed E-state index contributed by atoms with van der Waals surface area (Å²) in [6.45, 7) is 3.29. The van der Waals surface area contributed by atoms with Crippen LogP contribution in [-0.4, -0.2) is 29.2 Å². The average molecular weight is 484 g/mol. The van der Waals surface area contributed by atoms with Crippen LogP contribution in [0.3, 0.4) is 0 Å². The Hall–Kier alpha value is -2.58. The van der Waals surface area contributed by atoms with Gasteiger partial charge in [-0.15, -0.1) is 11.3 Å². The highest BCUT2D eigenvalue weighted by molar-refractivity contribution is 8.00. The Balaban J connectivity index is 1.80. The zero-order chi connectivity index (χ0) is 23.5. The molecule has 2 aromatic heterocycles. The van der Waals surface area contributed by atoms with Crippen molar-refractivity contribution in [2.24, 2.45) is 0 Å². The van der Waals surface area contributed by atoms with Crippen molar-refractivity contribution in [2.75, 3.05) is 17.7 Å². The number of amides is 1. The molecule has 2 heterocycles. The third-order valence-electron chi connectivity index (χ3n) is 4.83. The maximum atomic E-state index is 13.1. The fourth-order valence-corrected chi connectivity index (χ4v) is 5.55. The van der Waals surface area contributed by atoms with Gasteiger partial charge < -0.3 is 10.1 Å². The Labute approximate surface area is 191 Å². The molecule has 6 nitrogen and oxygen atoms in total. The van der Waals surface area contributed by atoms with Gasteiger partial charge in [-0.25, -0.2) is 9.78 Å². The van der Waals surface area contributed by atoms with Crippen LogP contribution in [-0.2, 0) is 28.5 Å². The highest BCUT2D eigenvalue weighted by atomic mass is 32.2. The summed E-state index contributed by atoms with van der Waals surface area (Å²) in [5.41, 5.74) is 0.260. The maximum Gasteiger partial charge on any atom is 0.433 e. The summed E-state index contributed by atoms with van der Waals surface area (Å²) in [6.07, 6.45) is -1.19. The first-order chi connectivity index (χ1) is 15.2. The van der Waals surface area contributed by atoms with Crippen molar-refractivity contribution in [3.8, 4) is 6.07 Å². The van der Waals surface area contributed by atoms with E-state index in [0.29, 0.717) is 10.6 Å². The molecule has 32 heavy (non-hydrogen) atoms. The molecule has 0 bridgehead atoms. The SMILES string of the molecule is CCOC(=O)c1c(NC(=O)CSc2nc(C(F)(F)F)cc(C)c2C#N)sc2c1CCCC2. The van der Waals surface area contributed by atoms with Crippen molar-refractivity contribution in [3.63, 3.8) is 0 Å². The van der Waals surface area contributed by atoms with Gasteiger partial charge in [-0.1, -0.05) is 11.8 Å². The van der Waals surface area contributed by atoms with Gasteiger partial charge in [0.15, 0.2) is 0 Å². The molecule has 0 radical (unpaired) electrons. The van der Waals surface area contributed by atoms with Gasteiger partial charge in [0.1, 0.15) is 21.8 Å². The second-order valence-corrected chi connectivity index (χ2v) is 9.16. The molecule has 0 saturated carbocycles. The van der Waals surface area contributed by atoms with E-state index in [1.165, 1.54) is 18.3 Å². The Bertz CT molecular complexity index is 1090. The van der Waals surface area contributed by atoms with Crippen LogP contribution in [0.1, 0.15) is 57.4 Å². The minimum absolute atomic E-state index is 0.00500. The topological polar surface area (TPSA) is 92.1 Å². The lowest BCUT2D eigenvalue weighted by Gasteiger charge is -2.12. The molecule has 0 fully saturated rings. The van der Waals surface area contributed by atoms with Crippen molar-refractivity contribution < 1.29 is 27.5 Å². The summed E-state index contributed by atoms with van der Waals surface area (Å²) in [5.74, 6) is -1.29. The average Bonchev–Trinajstić information content (AvgIpc) is 3.09. The number of anilines is 1. The van der Waals surface area contributed by atoms with Crippen LogP contribution < -0.4 is 5.32 Å². The van der Waals surface area contributed by atoms with Gasteiger partial charge in [-0.3, -0.25) is 4.79 Å². The maximum absolute atomic E-state index is 13.1. The van der Waals surface area contributed by atoms with E-state index in [9.17, 15) is 28.0 Å². The number of pyridine rings is 1. The molecule has 0 saturated heterocycles. The summed E-state index contributed by atoms with van der Waals surface area (Å²) in [7, 11) is 0. The van der Waals surface area contributed by atoms with E-state index < -0.39 is 23.7 Å². The number of carbonyl (C=O) groups is 2. The molecule has 1 aliphatic rings. The molecule has 3 rings (SSSR count). The number of alkyl halides is 3. The zero-order valence-corrected chi connectivity index (χ0v) is 19.0. The van der Waals surface area contributed by atoms with E-state index >= 15 is 0 Å². The predicted molar refractivity (Wildman–Crippen MR) is 115 cm³/mol. The summed E-state index contributed by atoms with van der Waals surface area (Å²) < 4.78 is 44.4. The Morgan fingerprint density at radius 3 is 2.72 bits per heavy atom. The Kier molecular flexibility index (Phi) is 7.46. The van der Waals surface area contributed by atoms with E-state index in [1.807, 2.05) is 6.07 Å². The first-order valence-electron chi connectivity index (χ1n) is 9.88. The fourth-order valence-electron chi connectivity index (χ4n) is 3.40. The number of aromatic nitrogens is 1. The number of aryl methyl sites for hydroxylation is 2. The van der Waals surface area contributed by atoms with E-state index in [4.69, 9.17) is 4.74 Å². The molecule has 1 aliphatic carbocycles. The lowest BCUT2D eigenvalue weighted by Crippen LogP contribution is -2.17. The molecular weight excluding hydrogens is 463 g/mol. The van der Waals surface area contributed by atoms with Gasteiger partial charge in [-0.2, -0.15) is 18.4 Å². The fraction of sp³-hybridized carbons (Fsp3) is 0.429. The molecular formula is C21H20F3N3O3S2. The predicted octanol–water partition coefficient (Wildman–Crippen LogP) is 5.13. The molecule has 170 valence electrons. The minimum Gasteiger partial charge on any atom is -0.462 e. The molecule has 1 amide bonds. The molecule has 0 aromatic carbocycles. The lowest BCUT2D eigenvalue weighted by molar-refractivity contribution is -0.141. The second-order valence-electron chi connectivity index (χ2n) is 7.09. The largest absolute Gasteiger partial charge is 0.462 e. The number of nitrogens with one attached hydrogen (secondary N) is 1. The highest BCUT2D eigenvalue weighted by Gasteiger charge is 2.34. The number of ether oxygens (including phenoxy) is 1. The lowest BCUT2D eigenvalue weighted by atomic mass is 9.95. The molecule has 1 N–H and O–H groups in total. The first kappa shape index (κ1) is 24.1. The van der Waals surface area contributed by atoms with E-state index in [0.717, 1.165) is 54.0 Å². The van der Waals surface area contributed by atoms with Crippen LogP contribution in [0.5, 0.6) is 0 Å². The monoisotopic (exact) mass is 483 g/mol. The highest BCUT2D eigenvalue weighted by Crippen LogP contribution is 2.39. The number of thioether (sulfide) groups is 1. The number of hydrogen-bond donors (Lipinski definition) is 1. The van der Waals surface area contributed by atoms with Gasteiger partial charge in [0.05, 0.1) is 23.5 Å². The van der Waals surface area contributed by atoms with Gasteiger partial charge >= 0.3 is 12.1 Å². The van der Waals surface area contributed by atoms with Gasteiger partial charge in [0.25, 0.3) is 0 Å². The Morgan fingerprint density at radius 2 is 2.06 bits per heavy atom. The summed E-state index contributed by atoms with van der Waals surface area (Å²) >= 11 is 2.07. The van der Waals surface area contributed by atoms with Crippen molar-refractivity contribution >= 4 is 40.0 Å². The standard InChI is InChI=1S/C21H20F3N3O3S2/c1-3-30-20(29)17-12-6-4-5-7-14(12)32-19(17)27-16(28)10-31-18-13(9-25)11(2)8-15(26-18)21(22,23)24/h8H,3-7,10H2,1-2H3,(H,27,28). The third-order valence-corrected chi connectivity index (χ3v) is 7.01. The molecule has 0 spiro atoms. The smallest absolute Gasteiger partial charge is 0.433 e. The van der Waals surface area contributed by atoms with E-state index in [1.54, 1.807) is 6.92 Å². The molecule has 0 aliphatic heterocycles. The number of thiophene rings is 1. The number of carbonyl (C=O) groups excluding carboxylic acids is 2. The number of esters is 1. The summed E-state index contributed by atoms with van der Waals surface area (Å²) in [6, 6.07) is 2.66. The van der Waals surface area contributed by atoms with E-state index in [2.05, 4.69) is 10.3 Å². The Morgan fingerprint density at radius 1 is 1.34 bits per heavy atom. The van der Waals surface area contributed by atoms with Crippen LogP contribution in [0.15, 0.2) is 11.1 Å². The number of fused-ring (bicyclic) bond motifs is 1. The van der Waals surface area contributed by atoms with Crippen LogP contribution in [0.4, 0.5) is 18.2 Å². The molecule has 0 atom stereocenters.